The number of allylic oxidation sites excluding steroid dienone is 2. The first-order chi connectivity index (χ1) is 9.71. The van der Waals surface area contributed by atoms with E-state index in [0.717, 1.165) is 48.9 Å². The van der Waals surface area contributed by atoms with Gasteiger partial charge in [0.2, 0.25) is 0 Å². The standard InChI is InChI=1S/C18H26O2/c1-3-7-20-17(19)18(4-2)10-13-9-14(18)16-12-6-5-11(8-12)15(13)16/h5-6,11-16H,3-4,7-10H2,1-2H3. The van der Waals surface area contributed by atoms with Gasteiger partial charge in [0.1, 0.15) is 0 Å². The second kappa shape index (κ2) is 4.35. The van der Waals surface area contributed by atoms with Crippen LogP contribution in [0.15, 0.2) is 12.2 Å². The highest BCUT2D eigenvalue weighted by atomic mass is 16.5. The normalized spacial score (nSPS) is 50.7. The zero-order chi connectivity index (χ0) is 13.9. The monoisotopic (exact) mass is 274 g/mol. The van der Waals surface area contributed by atoms with Crippen molar-refractivity contribution in [1.29, 1.82) is 0 Å². The summed E-state index contributed by atoms with van der Waals surface area (Å²) in [6, 6.07) is 0. The van der Waals surface area contributed by atoms with Crippen LogP contribution in [0.1, 0.15) is 46.0 Å². The fourth-order valence-electron chi connectivity index (χ4n) is 6.33. The van der Waals surface area contributed by atoms with Crippen molar-refractivity contribution in [2.45, 2.75) is 46.0 Å². The minimum Gasteiger partial charge on any atom is -0.465 e. The lowest BCUT2D eigenvalue weighted by Crippen LogP contribution is -2.44. The van der Waals surface area contributed by atoms with Crippen LogP contribution in [0.5, 0.6) is 0 Å². The SMILES string of the molecule is CCCOC(=O)C1(CC)CC2CC1C1C3C=CC(C3)C21. The van der Waals surface area contributed by atoms with Crippen molar-refractivity contribution < 1.29 is 9.53 Å². The highest BCUT2D eigenvalue weighted by Gasteiger charge is 2.67. The van der Waals surface area contributed by atoms with E-state index in [2.05, 4.69) is 26.0 Å². The summed E-state index contributed by atoms with van der Waals surface area (Å²) in [5.41, 5.74) is -0.140. The molecule has 3 fully saturated rings. The van der Waals surface area contributed by atoms with E-state index >= 15 is 0 Å². The van der Waals surface area contributed by atoms with E-state index < -0.39 is 0 Å². The molecule has 0 aromatic carbocycles. The van der Waals surface area contributed by atoms with Gasteiger partial charge in [0.05, 0.1) is 12.0 Å². The maximum Gasteiger partial charge on any atom is 0.312 e. The Labute approximate surface area is 122 Å². The van der Waals surface area contributed by atoms with Gasteiger partial charge in [-0.1, -0.05) is 26.0 Å². The van der Waals surface area contributed by atoms with E-state index in [1.165, 1.54) is 12.8 Å². The highest BCUT2D eigenvalue weighted by Crippen LogP contribution is 2.71. The number of ether oxygens (including phenoxy) is 1. The number of hydrogen-bond acceptors (Lipinski definition) is 2. The molecular formula is C18H26O2. The second-order valence-corrected chi connectivity index (χ2v) is 7.56. The molecule has 0 saturated heterocycles. The quantitative estimate of drug-likeness (QED) is 0.442. The van der Waals surface area contributed by atoms with Crippen LogP contribution >= 0.6 is 0 Å². The summed E-state index contributed by atoms with van der Waals surface area (Å²) in [7, 11) is 0. The van der Waals surface area contributed by atoms with Gasteiger partial charge < -0.3 is 4.74 Å². The third-order valence-electron chi connectivity index (χ3n) is 6.96. The molecule has 0 aromatic heterocycles. The summed E-state index contributed by atoms with van der Waals surface area (Å²) in [5, 5.41) is 0. The molecule has 4 bridgehead atoms. The first-order valence-electron chi connectivity index (χ1n) is 8.56. The number of carbonyl (C=O) groups is 1. The van der Waals surface area contributed by atoms with Crippen molar-refractivity contribution in [2.75, 3.05) is 6.61 Å². The Hall–Kier alpha value is -0.790. The van der Waals surface area contributed by atoms with Crippen molar-refractivity contribution in [1.82, 2.24) is 0 Å². The average molecular weight is 274 g/mol. The minimum absolute atomic E-state index is 0.125. The third-order valence-corrected chi connectivity index (χ3v) is 6.96. The number of hydrogen-bond donors (Lipinski definition) is 0. The van der Waals surface area contributed by atoms with Crippen molar-refractivity contribution in [3.63, 3.8) is 0 Å². The summed E-state index contributed by atoms with van der Waals surface area (Å²) in [6.45, 7) is 4.87. The molecule has 0 amide bonds. The van der Waals surface area contributed by atoms with Crippen LogP contribution in [0.3, 0.4) is 0 Å². The van der Waals surface area contributed by atoms with Gasteiger partial charge in [-0.2, -0.15) is 0 Å². The molecule has 4 aliphatic carbocycles. The molecule has 0 N–H and O–H groups in total. The molecule has 110 valence electrons. The van der Waals surface area contributed by atoms with Gasteiger partial charge in [0, 0.05) is 0 Å². The molecule has 20 heavy (non-hydrogen) atoms. The minimum atomic E-state index is -0.140. The van der Waals surface area contributed by atoms with Gasteiger partial charge in [-0.3, -0.25) is 4.79 Å². The van der Waals surface area contributed by atoms with Crippen LogP contribution in [0.25, 0.3) is 0 Å². The Balaban J connectivity index is 1.62. The number of carbonyl (C=O) groups excluding carboxylic acids is 1. The lowest BCUT2D eigenvalue weighted by atomic mass is 9.61. The smallest absolute Gasteiger partial charge is 0.312 e. The molecule has 4 aliphatic rings. The van der Waals surface area contributed by atoms with Crippen molar-refractivity contribution in [3.05, 3.63) is 12.2 Å². The van der Waals surface area contributed by atoms with E-state index in [9.17, 15) is 4.79 Å². The molecule has 0 spiro atoms. The summed E-state index contributed by atoms with van der Waals surface area (Å²) < 4.78 is 5.59. The molecule has 7 atom stereocenters. The molecular weight excluding hydrogens is 248 g/mol. The van der Waals surface area contributed by atoms with Crippen LogP contribution in [0.2, 0.25) is 0 Å². The van der Waals surface area contributed by atoms with E-state index in [1.54, 1.807) is 0 Å². The van der Waals surface area contributed by atoms with Crippen LogP contribution in [-0.2, 0) is 9.53 Å². The summed E-state index contributed by atoms with van der Waals surface area (Å²) in [6.07, 6.45) is 10.6. The van der Waals surface area contributed by atoms with Gasteiger partial charge in [0.15, 0.2) is 0 Å². The predicted octanol–water partition coefficient (Wildman–Crippen LogP) is 3.81. The number of fused-ring (bicyclic) bond motifs is 9. The summed E-state index contributed by atoms with van der Waals surface area (Å²) >= 11 is 0. The Morgan fingerprint density at radius 3 is 2.65 bits per heavy atom. The maximum atomic E-state index is 12.7. The summed E-state index contributed by atoms with van der Waals surface area (Å²) in [5.74, 6) is 4.81. The van der Waals surface area contributed by atoms with E-state index in [-0.39, 0.29) is 11.4 Å². The maximum absolute atomic E-state index is 12.7. The lowest BCUT2D eigenvalue weighted by Gasteiger charge is -2.43. The van der Waals surface area contributed by atoms with Crippen molar-refractivity contribution >= 4 is 5.97 Å². The molecule has 2 heteroatoms. The van der Waals surface area contributed by atoms with E-state index in [1.807, 2.05) is 0 Å². The molecule has 0 heterocycles. The second-order valence-electron chi connectivity index (χ2n) is 7.56. The Bertz CT molecular complexity index is 454. The molecule has 0 aromatic rings. The van der Waals surface area contributed by atoms with Gasteiger partial charge >= 0.3 is 5.97 Å². The molecule has 7 unspecified atom stereocenters. The molecule has 4 rings (SSSR count). The molecule has 0 aliphatic heterocycles. The Kier molecular flexibility index (Phi) is 2.81. The largest absolute Gasteiger partial charge is 0.465 e. The van der Waals surface area contributed by atoms with Crippen molar-refractivity contribution in [2.24, 2.45) is 40.9 Å². The summed E-state index contributed by atoms with van der Waals surface area (Å²) in [4.78, 5) is 12.7. The topological polar surface area (TPSA) is 26.3 Å². The van der Waals surface area contributed by atoms with E-state index in [0.29, 0.717) is 12.5 Å². The van der Waals surface area contributed by atoms with Gasteiger partial charge in [-0.25, -0.2) is 0 Å². The van der Waals surface area contributed by atoms with Crippen LogP contribution in [-0.4, -0.2) is 12.6 Å². The first kappa shape index (κ1) is 12.9. The Morgan fingerprint density at radius 1 is 1.20 bits per heavy atom. The molecule has 0 radical (unpaired) electrons. The molecule has 3 saturated carbocycles. The Morgan fingerprint density at radius 2 is 1.95 bits per heavy atom. The highest BCUT2D eigenvalue weighted by molar-refractivity contribution is 5.78. The first-order valence-corrected chi connectivity index (χ1v) is 8.56. The lowest BCUT2D eigenvalue weighted by molar-refractivity contribution is -0.162. The number of rotatable bonds is 4. The zero-order valence-electron chi connectivity index (χ0n) is 12.7. The van der Waals surface area contributed by atoms with Crippen LogP contribution in [0, 0.1) is 40.9 Å². The third kappa shape index (κ3) is 1.43. The van der Waals surface area contributed by atoms with Gasteiger partial charge in [-0.15, -0.1) is 0 Å². The number of esters is 1. The fourth-order valence-corrected chi connectivity index (χ4v) is 6.33. The van der Waals surface area contributed by atoms with Crippen LogP contribution < -0.4 is 0 Å². The fraction of sp³-hybridized carbons (Fsp3) is 0.833. The van der Waals surface area contributed by atoms with Crippen LogP contribution in [0.4, 0.5) is 0 Å². The zero-order valence-corrected chi connectivity index (χ0v) is 12.7. The average Bonchev–Trinajstić information content (AvgIpc) is 3.20. The van der Waals surface area contributed by atoms with Crippen molar-refractivity contribution in [3.8, 4) is 0 Å². The predicted molar refractivity (Wildman–Crippen MR) is 77.9 cm³/mol. The van der Waals surface area contributed by atoms with E-state index in [4.69, 9.17) is 4.74 Å². The molecule has 2 nitrogen and oxygen atoms in total. The van der Waals surface area contributed by atoms with Gasteiger partial charge in [-0.05, 0) is 67.6 Å². The van der Waals surface area contributed by atoms with Gasteiger partial charge in [0.25, 0.3) is 0 Å².